The number of aromatic nitrogens is 4. The number of fused-ring (bicyclic) bond motifs is 11. The molecule has 7 rings (SSSR count). The van der Waals surface area contributed by atoms with Crippen LogP contribution in [-0.2, 0) is 37.9 Å². The number of methoxy groups -OCH3 is 2. The van der Waals surface area contributed by atoms with Gasteiger partial charge in [0.2, 0.25) is 0 Å². The molecule has 72 heavy (non-hydrogen) atoms. The van der Waals surface area contributed by atoms with Crippen LogP contribution in [0.25, 0.3) is 41.7 Å². The second kappa shape index (κ2) is 32.1. The normalized spacial score (nSPS) is 14.9. The van der Waals surface area contributed by atoms with Crippen molar-refractivity contribution in [1.82, 2.24) is 19.9 Å². The van der Waals surface area contributed by atoms with E-state index in [0.29, 0.717) is 92.5 Å². The molecule has 0 aromatic carbocycles. The Morgan fingerprint density at radius 1 is 0.389 bits per heavy atom. The molecule has 0 saturated heterocycles. The average Bonchev–Trinajstić information content (AvgIpc) is 4.25. The number of ether oxygens (including phenoxy) is 8. The summed E-state index contributed by atoms with van der Waals surface area (Å²) in [7, 11) is 3.34. The minimum atomic E-state index is 0.535. The molecule has 0 unspecified atom stereocenters. The zero-order valence-corrected chi connectivity index (χ0v) is 51.5. The molecule has 8 bridgehead atoms. The molecule has 0 saturated carbocycles. The molecule has 0 atom stereocenters. The van der Waals surface area contributed by atoms with Crippen LogP contribution >= 0.6 is 141 Å². The Hall–Kier alpha value is -0.0400. The highest BCUT2D eigenvalue weighted by molar-refractivity contribution is 8.42. The molecule has 3 aromatic rings. The van der Waals surface area contributed by atoms with E-state index < -0.39 is 0 Å². The van der Waals surface area contributed by atoms with Gasteiger partial charge in [-0.2, -0.15) is 0 Å². The van der Waals surface area contributed by atoms with E-state index in [-0.39, 0.29) is 0 Å². The van der Waals surface area contributed by atoms with E-state index in [9.17, 15) is 0 Å². The van der Waals surface area contributed by atoms with E-state index in [1.165, 1.54) is 56.2 Å². The molecule has 4 aliphatic rings. The van der Waals surface area contributed by atoms with Crippen LogP contribution in [0.4, 0.5) is 0 Å². The molecular formula is C48H62N4O8S12. The molecule has 3 aromatic heterocycles. The zero-order valence-electron chi connectivity index (χ0n) is 41.7. The molecule has 0 aliphatic carbocycles. The zero-order chi connectivity index (χ0) is 50.7. The first kappa shape index (κ1) is 59.6. The second-order valence-corrected chi connectivity index (χ2v) is 27.2. The summed E-state index contributed by atoms with van der Waals surface area (Å²) in [5, 5.41) is 0. The van der Waals surface area contributed by atoms with Crippen LogP contribution in [0.15, 0.2) is 60.8 Å². The van der Waals surface area contributed by atoms with Gasteiger partial charge in [0.25, 0.3) is 0 Å². The van der Waals surface area contributed by atoms with Gasteiger partial charge >= 0.3 is 0 Å². The van der Waals surface area contributed by atoms with Gasteiger partial charge in [-0.05, 0) is 61.8 Å². The molecule has 394 valence electrons. The molecule has 12 nitrogen and oxygen atoms in total. The van der Waals surface area contributed by atoms with Gasteiger partial charge in [-0.15, -0.1) is 94.1 Å². The average molecular weight is 1210 g/mol. The van der Waals surface area contributed by atoms with Gasteiger partial charge in [-0.3, -0.25) is 0 Å². The first-order chi connectivity index (χ1) is 35.4. The number of nitrogens with zero attached hydrogens (tertiary/aromatic N) is 2. The largest absolute Gasteiger partial charge is 0.382 e. The van der Waals surface area contributed by atoms with Crippen molar-refractivity contribution in [2.75, 3.05) is 156 Å². The number of thioether (sulfide) groups is 12. The molecule has 4 aliphatic heterocycles. The molecule has 0 amide bonds. The standard InChI is InChI=1S/C48H62N4O8S12/c1-53-9-11-55-13-15-57-17-19-59-21-23-67-45-46(68-24-22-60-20-18-58-16-14-56-12-10-54-2)72-48(71-45)47-69-43-35-27-33-41(65-7)39(63-5)31(50-33)25-29-37(61-3)38(62-4)30(49-29)26-32-40(64-6)42(66-8)34(51-32)28-36(52-35)44(43)70-47/h25-28,49,52H,9-24H2,1-8H3. The third-order valence-electron chi connectivity index (χ3n) is 10.5. The minimum Gasteiger partial charge on any atom is -0.382 e. The summed E-state index contributed by atoms with van der Waals surface area (Å²) in [6.07, 6.45) is 12.9. The lowest BCUT2D eigenvalue weighted by Crippen LogP contribution is -2.12. The Labute approximate surface area is 475 Å². The van der Waals surface area contributed by atoms with Crippen molar-refractivity contribution in [3.63, 3.8) is 0 Å². The highest BCUT2D eigenvalue weighted by Gasteiger charge is 2.32. The topological polar surface area (TPSA) is 131 Å². The van der Waals surface area contributed by atoms with E-state index in [2.05, 4.69) is 71.8 Å². The Morgan fingerprint density at radius 2 is 0.694 bits per heavy atom. The fourth-order valence-corrected chi connectivity index (χ4v) is 21.1. The summed E-state index contributed by atoms with van der Waals surface area (Å²) in [6, 6.07) is 8.98. The maximum atomic E-state index is 6.00. The van der Waals surface area contributed by atoms with Crippen LogP contribution in [0.2, 0.25) is 0 Å². The third-order valence-corrected chi connectivity index (χ3v) is 24.4. The van der Waals surface area contributed by atoms with Crippen LogP contribution < -0.4 is 0 Å². The molecule has 0 spiro atoms. The van der Waals surface area contributed by atoms with Gasteiger partial charge in [0, 0.05) is 55.1 Å². The molecule has 0 fully saturated rings. The third kappa shape index (κ3) is 16.1. The van der Waals surface area contributed by atoms with Crippen LogP contribution in [0.5, 0.6) is 0 Å². The van der Waals surface area contributed by atoms with Gasteiger partial charge in [0.05, 0.1) is 164 Å². The van der Waals surface area contributed by atoms with Crippen LogP contribution in [0.1, 0.15) is 22.8 Å². The number of hydrogen-bond donors (Lipinski definition) is 2. The van der Waals surface area contributed by atoms with Gasteiger partial charge < -0.3 is 47.9 Å². The number of H-pyrrole nitrogens is 2. The van der Waals surface area contributed by atoms with Gasteiger partial charge in [0.15, 0.2) is 0 Å². The van der Waals surface area contributed by atoms with Crippen molar-refractivity contribution in [3.05, 3.63) is 64.0 Å². The minimum absolute atomic E-state index is 0.535. The number of hydrogen-bond acceptors (Lipinski definition) is 22. The lowest BCUT2D eigenvalue weighted by molar-refractivity contribution is 0.00565. The second-order valence-electron chi connectivity index (χ2n) is 15.0. The number of nitrogens with one attached hydrogen (secondary N) is 2. The van der Waals surface area contributed by atoms with Crippen molar-refractivity contribution < 1.29 is 37.9 Å². The number of rotatable bonds is 32. The Balaban J connectivity index is 1.16. The summed E-state index contributed by atoms with van der Waals surface area (Å²) in [4.78, 5) is 28.0. The van der Waals surface area contributed by atoms with Crippen molar-refractivity contribution in [2.24, 2.45) is 0 Å². The van der Waals surface area contributed by atoms with E-state index in [1.54, 1.807) is 84.8 Å². The monoisotopic (exact) mass is 1210 g/mol. The van der Waals surface area contributed by atoms with Crippen molar-refractivity contribution in [1.29, 1.82) is 0 Å². The SMILES string of the molecule is COCCOCCOCCOCCSC1=C(SCCOCCOCCOCCOC)SC(=C2Sc3c(c4cc5nc(cc6[nH]c(cc7nc(cc3[nH]4)C(SC)=C7SC)c(SC)c6SC)C(SC)=C5SC)S2)S1. The highest BCUT2D eigenvalue weighted by atomic mass is 32.3. The Kier molecular flexibility index (Phi) is 26.6. The lowest BCUT2D eigenvalue weighted by Gasteiger charge is -2.08. The van der Waals surface area contributed by atoms with E-state index in [1.807, 2.05) is 70.6 Å². The summed E-state index contributed by atoms with van der Waals surface area (Å²) < 4.78 is 49.6. The van der Waals surface area contributed by atoms with Crippen LogP contribution in [0.3, 0.4) is 0 Å². The van der Waals surface area contributed by atoms with Gasteiger partial charge in [0.1, 0.15) is 0 Å². The van der Waals surface area contributed by atoms with Gasteiger partial charge in [-0.1, -0.05) is 47.0 Å². The van der Waals surface area contributed by atoms with E-state index in [0.717, 1.165) is 56.3 Å². The van der Waals surface area contributed by atoms with Gasteiger partial charge in [-0.25, -0.2) is 9.97 Å². The predicted molar refractivity (Wildman–Crippen MR) is 327 cm³/mol. The maximum Gasteiger partial charge on any atom is 0.0806 e. The quantitative estimate of drug-likeness (QED) is 0.0453. The lowest BCUT2D eigenvalue weighted by atomic mass is 10.3. The van der Waals surface area contributed by atoms with E-state index in [4.69, 9.17) is 47.9 Å². The molecule has 24 heteroatoms. The van der Waals surface area contributed by atoms with Crippen LogP contribution in [0, 0.1) is 0 Å². The summed E-state index contributed by atoms with van der Waals surface area (Å²) in [6.45, 7) is 7.90. The van der Waals surface area contributed by atoms with Crippen molar-refractivity contribution >= 4 is 183 Å². The fraction of sp³-hybridized carbons (Fsp3) is 0.500. The van der Waals surface area contributed by atoms with Crippen molar-refractivity contribution in [3.8, 4) is 0 Å². The molecule has 0 radical (unpaired) electrons. The Morgan fingerprint density at radius 3 is 1.03 bits per heavy atom. The maximum absolute atomic E-state index is 6.00. The fourth-order valence-electron chi connectivity index (χ4n) is 7.25. The molecular weight excluding hydrogens is 1150 g/mol. The highest BCUT2D eigenvalue weighted by Crippen LogP contribution is 2.65. The summed E-state index contributed by atoms with van der Waals surface area (Å²) in [5.74, 6) is 1.67. The van der Waals surface area contributed by atoms with E-state index >= 15 is 0 Å². The smallest absolute Gasteiger partial charge is 0.0806 e. The Bertz CT molecular complexity index is 2440. The van der Waals surface area contributed by atoms with Crippen LogP contribution in [-0.4, -0.2) is 176 Å². The molecule has 2 N–H and O–H groups in total. The summed E-state index contributed by atoms with van der Waals surface area (Å²) >= 11 is 21.7. The number of aromatic amines is 2. The van der Waals surface area contributed by atoms with Crippen molar-refractivity contribution in [2.45, 2.75) is 19.6 Å². The first-order valence-electron chi connectivity index (χ1n) is 22.9. The first-order valence-corrected chi connectivity index (χ1v) is 35.4. The molecule has 7 heterocycles. The summed E-state index contributed by atoms with van der Waals surface area (Å²) in [5.41, 5.74) is 8.12. The predicted octanol–water partition coefficient (Wildman–Crippen LogP) is 13.7.